The van der Waals surface area contributed by atoms with Crippen LogP contribution in [0.1, 0.15) is 12.5 Å². The Hall–Kier alpha value is -3.25. The number of para-hydroxylation sites is 1. The van der Waals surface area contributed by atoms with Crippen molar-refractivity contribution in [1.29, 1.82) is 0 Å². The Labute approximate surface area is 174 Å². The van der Waals surface area contributed by atoms with Crippen LogP contribution in [-0.4, -0.2) is 19.2 Å². The molecular formula is C24H20FNO3S. The largest absolute Gasteiger partial charge is 0.457 e. The van der Waals surface area contributed by atoms with E-state index in [1.165, 1.54) is 19.1 Å². The molecule has 152 valence electrons. The van der Waals surface area contributed by atoms with Crippen LogP contribution in [0.5, 0.6) is 11.5 Å². The van der Waals surface area contributed by atoms with Crippen LogP contribution < -0.4 is 4.74 Å². The highest BCUT2D eigenvalue weighted by Crippen LogP contribution is 2.33. The molecule has 0 spiro atoms. The predicted octanol–water partition coefficient (Wildman–Crippen LogP) is 5.94. The van der Waals surface area contributed by atoms with Gasteiger partial charge in [0.15, 0.2) is 9.84 Å². The number of aromatic nitrogens is 1. The normalized spacial score (nSPS) is 11.6. The van der Waals surface area contributed by atoms with Crippen LogP contribution >= 0.6 is 0 Å². The van der Waals surface area contributed by atoms with Gasteiger partial charge >= 0.3 is 0 Å². The molecule has 0 radical (unpaired) electrons. The van der Waals surface area contributed by atoms with Crippen LogP contribution in [0, 0.1) is 12.7 Å². The van der Waals surface area contributed by atoms with E-state index >= 15 is 0 Å². The molecule has 0 unspecified atom stereocenters. The summed E-state index contributed by atoms with van der Waals surface area (Å²) in [6.45, 7) is 3.54. The van der Waals surface area contributed by atoms with Gasteiger partial charge in [0, 0.05) is 17.6 Å². The van der Waals surface area contributed by atoms with Gasteiger partial charge in [0.2, 0.25) is 0 Å². The Kier molecular flexibility index (Phi) is 5.26. The van der Waals surface area contributed by atoms with E-state index < -0.39 is 15.7 Å². The summed E-state index contributed by atoms with van der Waals surface area (Å²) in [4.78, 5) is 4.39. The number of ether oxygens (including phenoxy) is 1. The molecule has 0 saturated carbocycles. The number of aryl methyl sites for hydroxylation is 1. The quantitative estimate of drug-likeness (QED) is 0.400. The fraction of sp³-hybridized carbons (Fsp3) is 0.125. The number of sulfone groups is 1. The van der Waals surface area contributed by atoms with Crippen LogP contribution in [-0.2, 0) is 9.84 Å². The molecule has 0 aliphatic heterocycles. The molecular weight excluding hydrogens is 401 g/mol. The van der Waals surface area contributed by atoms with Gasteiger partial charge in [0.05, 0.1) is 16.2 Å². The maximum atomic E-state index is 14.0. The van der Waals surface area contributed by atoms with E-state index in [1.807, 2.05) is 49.4 Å². The number of hydrogen-bond donors (Lipinski definition) is 0. The second-order valence-electron chi connectivity index (χ2n) is 6.99. The van der Waals surface area contributed by atoms with Gasteiger partial charge in [-0.05, 0) is 53.9 Å². The second-order valence-corrected chi connectivity index (χ2v) is 9.26. The molecule has 0 saturated heterocycles. The third-order valence-corrected chi connectivity index (χ3v) is 6.65. The lowest BCUT2D eigenvalue weighted by molar-refractivity contribution is 0.474. The van der Waals surface area contributed by atoms with Crippen molar-refractivity contribution < 1.29 is 17.5 Å². The lowest BCUT2D eigenvalue weighted by Gasteiger charge is -2.11. The minimum atomic E-state index is -3.54. The van der Waals surface area contributed by atoms with E-state index in [1.54, 1.807) is 12.3 Å². The molecule has 0 N–H and O–H groups in total. The summed E-state index contributed by atoms with van der Waals surface area (Å²) in [7, 11) is -3.54. The summed E-state index contributed by atoms with van der Waals surface area (Å²) in [5.74, 6) is -0.156. The highest BCUT2D eigenvalue weighted by atomic mass is 32.2. The molecule has 3 aromatic carbocycles. The Morgan fingerprint density at radius 3 is 2.57 bits per heavy atom. The number of nitrogens with zero attached hydrogens (tertiary/aromatic N) is 1. The molecule has 30 heavy (non-hydrogen) atoms. The minimum Gasteiger partial charge on any atom is -0.457 e. The molecule has 0 amide bonds. The first kappa shape index (κ1) is 20.0. The molecule has 0 atom stereocenters. The molecule has 0 fully saturated rings. The minimum absolute atomic E-state index is 0.0910. The average Bonchev–Trinajstić information content (AvgIpc) is 2.73. The van der Waals surface area contributed by atoms with Gasteiger partial charge in [-0.25, -0.2) is 12.8 Å². The van der Waals surface area contributed by atoms with Crippen molar-refractivity contribution in [3.63, 3.8) is 0 Å². The van der Waals surface area contributed by atoms with E-state index in [-0.39, 0.29) is 16.4 Å². The van der Waals surface area contributed by atoms with E-state index in [0.29, 0.717) is 5.75 Å². The van der Waals surface area contributed by atoms with Crippen LogP contribution in [0.3, 0.4) is 0 Å². The van der Waals surface area contributed by atoms with Crippen LogP contribution in [0.25, 0.3) is 22.0 Å². The zero-order valence-electron chi connectivity index (χ0n) is 16.6. The topological polar surface area (TPSA) is 56.3 Å². The van der Waals surface area contributed by atoms with E-state index in [9.17, 15) is 12.8 Å². The van der Waals surface area contributed by atoms with Crippen molar-refractivity contribution in [3.8, 4) is 22.6 Å². The molecule has 1 heterocycles. The molecule has 0 bridgehead atoms. The zero-order chi connectivity index (χ0) is 21.3. The zero-order valence-corrected chi connectivity index (χ0v) is 17.4. The summed E-state index contributed by atoms with van der Waals surface area (Å²) in [6.07, 6.45) is 1.77. The van der Waals surface area contributed by atoms with Gasteiger partial charge in [0.1, 0.15) is 17.3 Å². The van der Waals surface area contributed by atoms with Crippen LogP contribution in [0.2, 0.25) is 0 Å². The number of hydrogen-bond acceptors (Lipinski definition) is 4. The highest BCUT2D eigenvalue weighted by Gasteiger charge is 2.15. The number of rotatable bonds is 5. The summed E-state index contributed by atoms with van der Waals surface area (Å²) in [5, 5.41) is 1.02. The summed E-state index contributed by atoms with van der Waals surface area (Å²) >= 11 is 0. The highest BCUT2D eigenvalue weighted by molar-refractivity contribution is 7.91. The molecule has 0 aliphatic rings. The van der Waals surface area contributed by atoms with Crippen molar-refractivity contribution in [2.24, 2.45) is 0 Å². The summed E-state index contributed by atoms with van der Waals surface area (Å²) in [6, 6.07) is 18.9. The van der Waals surface area contributed by atoms with Gasteiger partial charge in [-0.15, -0.1) is 0 Å². The van der Waals surface area contributed by atoms with E-state index in [0.717, 1.165) is 33.7 Å². The lowest BCUT2D eigenvalue weighted by atomic mass is 9.99. The number of pyridine rings is 1. The number of fused-ring (bicyclic) bond motifs is 1. The Morgan fingerprint density at radius 2 is 1.77 bits per heavy atom. The first-order valence-electron chi connectivity index (χ1n) is 9.53. The van der Waals surface area contributed by atoms with Gasteiger partial charge in [-0.2, -0.15) is 0 Å². The van der Waals surface area contributed by atoms with Gasteiger partial charge < -0.3 is 4.74 Å². The molecule has 4 rings (SSSR count). The molecule has 6 heteroatoms. The fourth-order valence-electron chi connectivity index (χ4n) is 3.38. The standard InChI is InChI=1S/C24H20FNO3S/c1-3-30(27,28)21-14-18(25)13-20(15-21)29-19-8-5-7-17(12-19)22-10-11-26-24-16(2)6-4-9-23(22)24/h4-15H,3H2,1-2H3. The van der Waals surface area contributed by atoms with Gasteiger partial charge in [-0.3, -0.25) is 4.98 Å². The molecule has 0 aliphatic carbocycles. The van der Waals surface area contributed by atoms with Crippen molar-refractivity contribution in [2.75, 3.05) is 5.75 Å². The smallest absolute Gasteiger partial charge is 0.178 e. The average molecular weight is 421 g/mol. The monoisotopic (exact) mass is 421 g/mol. The second kappa shape index (κ2) is 7.88. The summed E-state index contributed by atoms with van der Waals surface area (Å²) in [5.41, 5.74) is 3.94. The van der Waals surface area contributed by atoms with Crippen LogP contribution in [0.15, 0.2) is 77.8 Å². The number of benzene rings is 3. The maximum absolute atomic E-state index is 14.0. The number of halogens is 1. The van der Waals surface area contributed by atoms with Gasteiger partial charge in [-0.1, -0.05) is 37.3 Å². The summed E-state index contributed by atoms with van der Waals surface area (Å²) < 4.78 is 44.1. The molecule has 1 aromatic heterocycles. The van der Waals surface area contributed by atoms with Crippen molar-refractivity contribution in [3.05, 3.63) is 84.3 Å². The first-order valence-corrected chi connectivity index (χ1v) is 11.2. The maximum Gasteiger partial charge on any atom is 0.178 e. The molecule has 4 aromatic rings. The van der Waals surface area contributed by atoms with Crippen molar-refractivity contribution in [1.82, 2.24) is 4.98 Å². The van der Waals surface area contributed by atoms with E-state index in [4.69, 9.17) is 4.74 Å². The Balaban J connectivity index is 1.74. The molecule has 4 nitrogen and oxygen atoms in total. The van der Waals surface area contributed by atoms with Gasteiger partial charge in [0.25, 0.3) is 0 Å². The lowest BCUT2D eigenvalue weighted by Crippen LogP contribution is -2.04. The third kappa shape index (κ3) is 3.91. The Morgan fingerprint density at radius 1 is 0.967 bits per heavy atom. The predicted molar refractivity (Wildman–Crippen MR) is 116 cm³/mol. The third-order valence-electron chi connectivity index (χ3n) is 4.94. The SMILES string of the molecule is CCS(=O)(=O)c1cc(F)cc(Oc2cccc(-c3ccnc4c(C)cccc34)c2)c1. The Bertz CT molecular complexity index is 1350. The van der Waals surface area contributed by atoms with Crippen LogP contribution in [0.4, 0.5) is 4.39 Å². The van der Waals surface area contributed by atoms with Crippen molar-refractivity contribution in [2.45, 2.75) is 18.7 Å². The van der Waals surface area contributed by atoms with Crippen molar-refractivity contribution >= 4 is 20.7 Å². The fourth-order valence-corrected chi connectivity index (χ4v) is 4.30. The van der Waals surface area contributed by atoms with E-state index in [2.05, 4.69) is 4.98 Å². The first-order chi connectivity index (χ1) is 14.4.